The van der Waals surface area contributed by atoms with Gasteiger partial charge < -0.3 is 10.4 Å². The van der Waals surface area contributed by atoms with Gasteiger partial charge in [-0.3, -0.25) is 0 Å². The van der Waals surface area contributed by atoms with Crippen molar-refractivity contribution in [1.29, 1.82) is 0 Å². The van der Waals surface area contributed by atoms with Gasteiger partial charge >= 0.3 is 0 Å². The molecule has 0 heterocycles. The van der Waals surface area contributed by atoms with E-state index in [1.54, 1.807) is 6.92 Å². The molecule has 24 valence electrons. The summed E-state index contributed by atoms with van der Waals surface area (Å²) >= 11 is 0. The van der Waals surface area contributed by atoms with Crippen LogP contribution in [-0.4, -0.2) is 6.21 Å². The van der Waals surface area contributed by atoms with Gasteiger partial charge in [0.25, 0.3) is 0 Å². The molecule has 4 heavy (non-hydrogen) atoms. The molecule has 0 aromatic rings. The van der Waals surface area contributed by atoms with E-state index in [0.29, 0.717) is 0 Å². The van der Waals surface area contributed by atoms with E-state index in [1.807, 2.05) is 0 Å². The molecule has 0 saturated heterocycles. The highest BCUT2D eigenvalue weighted by atomic mass is 16.4. The van der Waals surface area contributed by atoms with Crippen LogP contribution in [0.4, 0.5) is 0 Å². The lowest BCUT2D eigenvalue weighted by Gasteiger charge is -1.77. The third kappa shape index (κ3) is 1.47. The van der Waals surface area contributed by atoms with Gasteiger partial charge in [-0.15, -0.1) is 0 Å². The predicted molar refractivity (Wildman–Crippen MR) is 17.5 cm³/mol. The first-order valence-electron chi connectivity index (χ1n) is 1.02. The Kier molecular flexibility index (Phi) is 2.14. The maximum absolute atomic E-state index is 8.87. The maximum Gasteiger partial charge on any atom is -0.00995 e. The van der Waals surface area contributed by atoms with Crippen LogP contribution in [0.5, 0.6) is 0 Å². The zero-order chi connectivity index (χ0) is 3.41. The Bertz CT molecular complexity index is 21.2. The fraction of sp³-hybridized carbons (Fsp3) is 0.500. The van der Waals surface area contributed by atoms with Crippen molar-refractivity contribution in [3.8, 4) is 0 Å². The molecule has 0 aliphatic heterocycles. The van der Waals surface area contributed by atoms with Crippen molar-refractivity contribution >= 4 is 6.21 Å². The Balaban J connectivity index is 2.55. The smallest absolute Gasteiger partial charge is 0.00995 e. The van der Waals surface area contributed by atoms with E-state index >= 15 is 0 Å². The van der Waals surface area contributed by atoms with Crippen molar-refractivity contribution in [2.24, 2.45) is 5.16 Å². The second-order valence-corrected chi connectivity index (χ2v) is 0.364. The number of nitrogens with zero attached hydrogens (tertiary/aromatic N) is 1. The molecule has 0 aromatic heterocycles. The summed E-state index contributed by atoms with van der Waals surface area (Å²) in [5.41, 5.74) is 0. The topological polar surface area (TPSA) is 35.4 Å². The van der Waals surface area contributed by atoms with Crippen LogP contribution < -0.4 is 0 Å². The first-order chi connectivity index (χ1) is 1.91. The van der Waals surface area contributed by atoms with Crippen molar-refractivity contribution < 1.29 is 0 Å². The Morgan fingerprint density at radius 1 is 2.00 bits per heavy atom. The van der Waals surface area contributed by atoms with Gasteiger partial charge in [-0.2, -0.15) is 0 Å². The van der Waals surface area contributed by atoms with Gasteiger partial charge in [0.15, 0.2) is 0 Å². The summed E-state index contributed by atoms with van der Waals surface area (Å²) in [5, 5.41) is 11.2. The summed E-state index contributed by atoms with van der Waals surface area (Å²) in [6.07, 6.45) is 1.19. The molecule has 0 aliphatic rings. The molecular weight excluding hydrogens is 54.0 g/mol. The predicted octanol–water partition coefficient (Wildman–Crippen LogP) is 0.575. The lowest BCUT2D eigenvalue weighted by molar-refractivity contribution is 1.63. The quantitative estimate of drug-likeness (QED) is 0.296. The largest absolute Gasteiger partial charge is 0.792 e. The molecule has 0 amide bonds. The lowest BCUT2D eigenvalue weighted by atomic mass is 10.9. The Labute approximate surface area is 24.7 Å². The van der Waals surface area contributed by atoms with Gasteiger partial charge in [0.2, 0.25) is 0 Å². The molecule has 2 heteroatoms. The molecule has 0 radical (unpaired) electrons. The third-order valence-electron chi connectivity index (χ3n) is 0.105. The van der Waals surface area contributed by atoms with E-state index in [2.05, 4.69) is 5.16 Å². The van der Waals surface area contributed by atoms with Crippen molar-refractivity contribution in [2.45, 2.75) is 6.92 Å². The average molecular weight is 58.1 g/mol. The average Bonchev–Trinajstić information content (AvgIpc) is 1.37. The fourth-order valence-electron chi connectivity index (χ4n) is 0. The molecule has 0 unspecified atom stereocenters. The van der Waals surface area contributed by atoms with Crippen molar-refractivity contribution in [3.05, 3.63) is 5.21 Å². The fourth-order valence-corrected chi connectivity index (χ4v) is 0. The van der Waals surface area contributed by atoms with E-state index in [0.717, 1.165) is 0 Å². The maximum atomic E-state index is 8.87. The molecular formula is C2H4NO-. The van der Waals surface area contributed by atoms with Crippen LogP contribution in [0.15, 0.2) is 5.16 Å². The van der Waals surface area contributed by atoms with E-state index in [1.165, 1.54) is 6.21 Å². The molecule has 0 spiro atoms. The van der Waals surface area contributed by atoms with Gasteiger partial charge in [-0.25, -0.2) is 0 Å². The molecule has 0 aliphatic carbocycles. The molecule has 0 saturated carbocycles. The summed E-state index contributed by atoms with van der Waals surface area (Å²) < 4.78 is 0. The minimum absolute atomic E-state index is 1.19. The molecule has 0 aromatic carbocycles. The van der Waals surface area contributed by atoms with Crippen molar-refractivity contribution in [1.82, 2.24) is 0 Å². The van der Waals surface area contributed by atoms with Crippen LogP contribution >= 0.6 is 0 Å². The third-order valence-corrected chi connectivity index (χ3v) is 0.105. The van der Waals surface area contributed by atoms with Crippen LogP contribution in [0.1, 0.15) is 6.92 Å². The molecule has 2 nitrogen and oxygen atoms in total. The minimum Gasteiger partial charge on any atom is -0.792 e. The van der Waals surface area contributed by atoms with Crippen LogP contribution in [-0.2, 0) is 0 Å². The summed E-state index contributed by atoms with van der Waals surface area (Å²) in [4.78, 5) is 0. The summed E-state index contributed by atoms with van der Waals surface area (Å²) in [6.45, 7) is 1.58. The zero-order valence-electron chi connectivity index (χ0n) is 2.43. The Morgan fingerprint density at radius 3 is 2.25 bits per heavy atom. The number of hydrogen-bond acceptors (Lipinski definition) is 2. The first kappa shape index (κ1) is 3.47. The highest BCUT2D eigenvalue weighted by Crippen LogP contribution is 1.43. The molecule has 0 atom stereocenters. The summed E-state index contributed by atoms with van der Waals surface area (Å²) in [6, 6.07) is 0. The summed E-state index contributed by atoms with van der Waals surface area (Å²) in [5.74, 6) is 0. The molecule has 0 N–H and O–H groups in total. The van der Waals surface area contributed by atoms with Crippen LogP contribution in [0.2, 0.25) is 0 Å². The Morgan fingerprint density at radius 2 is 2.25 bits per heavy atom. The normalized spacial score (nSPS) is 9.25. The van der Waals surface area contributed by atoms with Crippen LogP contribution in [0.25, 0.3) is 0 Å². The van der Waals surface area contributed by atoms with Crippen LogP contribution in [0.3, 0.4) is 0 Å². The van der Waals surface area contributed by atoms with Crippen molar-refractivity contribution in [3.63, 3.8) is 0 Å². The Hall–Kier alpha value is -0.530. The lowest BCUT2D eigenvalue weighted by Crippen LogP contribution is -1.44. The van der Waals surface area contributed by atoms with E-state index in [4.69, 9.17) is 5.21 Å². The number of hydrogen-bond donors (Lipinski definition) is 0. The second-order valence-electron chi connectivity index (χ2n) is 0.364. The van der Waals surface area contributed by atoms with Gasteiger partial charge in [0.05, 0.1) is 0 Å². The molecule has 0 bridgehead atoms. The number of rotatable bonds is 0. The molecule has 0 fully saturated rings. The van der Waals surface area contributed by atoms with Crippen LogP contribution in [0, 0.1) is 5.21 Å². The zero-order valence-corrected chi connectivity index (χ0v) is 2.43. The molecule has 0 rings (SSSR count). The van der Waals surface area contributed by atoms with Crippen molar-refractivity contribution in [2.75, 3.05) is 0 Å². The van der Waals surface area contributed by atoms with E-state index in [9.17, 15) is 0 Å². The standard InChI is InChI=1S/C2H5NO/c1-2-3-4/h2,4H,1H3/p-1/b3-2+. The van der Waals surface area contributed by atoms with Gasteiger partial charge in [-0.1, -0.05) is 0 Å². The summed E-state index contributed by atoms with van der Waals surface area (Å²) in [7, 11) is 0. The monoisotopic (exact) mass is 58.0 g/mol. The highest BCUT2D eigenvalue weighted by Gasteiger charge is 1.24. The highest BCUT2D eigenvalue weighted by molar-refractivity contribution is 5.53. The SMILES string of the molecule is C/C=N/[O-]. The van der Waals surface area contributed by atoms with E-state index in [-0.39, 0.29) is 0 Å². The first-order valence-corrected chi connectivity index (χ1v) is 1.02. The van der Waals surface area contributed by atoms with Gasteiger partial charge in [0.1, 0.15) is 0 Å². The second kappa shape index (κ2) is 2.47. The van der Waals surface area contributed by atoms with E-state index < -0.39 is 0 Å². The van der Waals surface area contributed by atoms with Gasteiger partial charge in [0, 0.05) is 0 Å². The van der Waals surface area contributed by atoms with Gasteiger partial charge in [-0.05, 0) is 13.1 Å². The minimum atomic E-state index is 1.19.